The lowest BCUT2D eigenvalue weighted by atomic mass is 9.92. The molecule has 0 bridgehead atoms. The quantitative estimate of drug-likeness (QED) is 0.625. The third kappa shape index (κ3) is 1.15. The molecule has 0 radical (unpaired) electrons. The van der Waals surface area contributed by atoms with E-state index in [0.717, 1.165) is 21.6 Å². The first-order chi connectivity index (χ1) is 8.84. The first kappa shape index (κ1) is 9.66. The Morgan fingerprint density at radius 3 is 2.94 bits per heavy atom. The Hall–Kier alpha value is -2.35. The molecule has 0 aromatic heterocycles. The first-order valence-corrected chi connectivity index (χ1v) is 5.96. The second-order valence-corrected chi connectivity index (χ2v) is 4.55. The van der Waals surface area contributed by atoms with Gasteiger partial charge in [0.2, 0.25) is 0 Å². The summed E-state index contributed by atoms with van der Waals surface area (Å²) in [6, 6.07) is 7.93. The van der Waals surface area contributed by atoms with Gasteiger partial charge in [-0.1, -0.05) is 42.5 Å². The Labute approximate surface area is 104 Å². The molecule has 86 valence electrons. The minimum Gasteiger partial charge on any atom is -0.450 e. The van der Waals surface area contributed by atoms with Gasteiger partial charge in [-0.2, -0.15) is 0 Å². The van der Waals surface area contributed by atoms with Gasteiger partial charge >= 0.3 is 5.97 Å². The summed E-state index contributed by atoms with van der Waals surface area (Å²) in [6.07, 6.45) is 9.67. The average Bonchev–Trinajstić information content (AvgIpc) is 2.79. The molecule has 3 aliphatic rings. The number of allylic oxidation sites excluding steroid dienone is 2. The largest absolute Gasteiger partial charge is 0.450 e. The van der Waals surface area contributed by atoms with Crippen LogP contribution in [-0.4, -0.2) is 12.1 Å². The Kier molecular flexibility index (Phi) is 1.78. The van der Waals surface area contributed by atoms with E-state index in [1.165, 1.54) is 0 Å². The summed E-state index contributed by atoms with van der Waals surface area (Å²) in [7, 11) is 0. The van der Waals surface area contributed by atoms with Crippen LogP contribution in [0, 0.1) is 0 Å². The van der Waals surface area contributed by atoms with Gasteiger partial charge in [0.05, 0.1) is 5.57 Å². The van der Waals surface area contributed by atoms with Gasteiger partial charge in [-0.05, 0) is 28.2 Å². The van der Waals surface area contributed by atoms with E-state index in [9.17, 15) is 4.79 Å². The molecule has 2 nitrogen and oxygen atoms in total. The third-order valence-corrected chi connectivity index (χ3v) is 3.53. The fourth-order valence-electron chi connectivity index (χ4n) is 2.71. The van der Waals surface area contributed by atoms with Gasteiger partial charge in [0.15, 0.2) is 0 Å². The van der Waals surface area contributed by atoms with Crippen LogP contribution in [0.4, 0.5) is 0 Å². The summed E-state index contributed by atoms with van der Waals surface area (Å²) in [5.41, 5.74) is 2.79. The molecule has 0 saturated heterocycles. The standard InChI is InChI=1S/C16H10O2/c17-16-15-11-6-2-1-5-10(11)9-13(15)12-7-3-4-8-14(12)18-16/h1-9,14H. The fraction of sp³-hybridized carbons (Fsp3) is 0.0625. The van der Waals surface area contributed by atoms with Gasteiger partial charge in [-0.3, -0.25) is 0 Å². The van der Waals surface area contributed by atoms with Crippen LogP contribution in [0.5, 0.6) is 0 Å². The minimum atomic E-state index is -0.230. The Morgan fingerprint density at radius 2 is 2.00 bits per heavy atom. The fourth-order valence-corrected chi connectivity index (χ4v) is 2.71. The number of carbonyl (C=O) groups is 1. The van der Waals surface area contributed by atoms with Crippen molar-refractivity contribution >= 4 is 17.6 Å². The third-order valence-electron chi connectivity index (χ3n) is 3.53. The number of esters is 1. The molecule has 0 amide bonds. The second kappa shape index (κ2) is 3.33. The molecule has 1 unspecified atom stereocenters. The van der Waals surface area contributed by atoms with Crippen LogP contribution in [0.2, 0.25) is 0 Å². The highest BCUT2D eigenvalue weighted by atomic mass is 16.5. The number of fused-ring (bicyclic) bond motifs is 3. The number of rotatable bonds is 0. The first-order valence-electron chi connectivity index (χ1n) is 5.96. The van der Waals surface area contributed by atoms with Crippen LogP contribution in [0.25, 0.3) is 11.6 Å². The Morgan fingerprint density at radius 1 is 1.11 bits per heavy atom. The van der Waals surface area contributed by atoms with Gasteiger partial charge in [0, 0.05) is 5.57 Å². The molecular weight excluding hydrogens is 224 g/mol. The minimum absolute atomic E-state index is 0.222. The molecule has 1 atom stereocenters. The Bertz CT molecular complexity index is 776. The zero-order valence-corrected chi connectivity index (χ0v) is 9.59. The van der Waals surface area contributed by atoms with Crippen molar-refractivity contribution in [2.75, 3.05) is 0 Å². The normalized spacial score (nSPS) is 23.2. The van der Waals surface area contributed by atoms with Crippen molar-refractivity contribution in [1.29, 1.82) is 0 Å². The summed E-state index contributed by atoms with van der Waals surface area (Å²) in [5.74, 6) is -0.222. The van der Waals surface area contributed by atoms with Crippen molar-refractivity contribution in [2.24, 2.45) is 0 Å². The van der Waals surface area contributed by atoms with Crippen molar-refractivity contribution in [1.82, 2.24) is 0 Å². The van der Waals surface area contributed by atoms with E-state index in [0.29, 0.717) is 5.57 Å². The molecule has 1 heterocycles. The maximum absolute atomic E-state index is 12.1. The lowest BCUT2D eigenvalue weighted by Crippen LogP contribution is -2.30. The SMILES string of the molecule is O=C1OC2C=CC=CC2=C2C=c3ccccc3=C12. The molecule has 1 aliphatic heterocycles. The average molecular weight is 234 g/mol. The molecule has 0 saturated carbocycles. The molecule has 0 N–H and O–H groups in total. The Balaban J connectivity index is 2.13. The van der Waals surface area contributed by atoms with Gasteiger partial charge in [-0.25, -0.2) is 4.79 Å². The maximum atomic E-state index is 12.1. The highest BCUT2D eigenvalue weighted by molar-refractivity contribution is 6.21. The van der Waals surface area contributed by atoms with E-state index < -0.39 is 0 Å². The summed E-state index contributed by atoms with van der Waals surface area (Å²) in [5, 5.41) is 2.07. The molecule has 0 spiro atoms. The zero-order valence-electron chi connectivity index (χ0n) is 9.59. The maximum Gasteiger partial charge on any atom is 0.340 e. The summed E-state index contributed by atoms with van der Waals surface area (Å²) in [4.78, 5) is 12.1. The lowest BCUT2D eigenvalue weighted by molar-refractivity contribution is -0.138. The lowest BCUT2D eigenvalue weighted by Gasteiger charge is -2.25. The van der Waals surface area contributed by atoms with E-state index in [1.807, 2.05) is 48.6 Å². The summed E-state index contributed by atoms with van der Waals surface area (Å²) >= 11 is 0. The van der Waals surface area contributed by atoms with Crippen LogP contribution < -0.4 is 10.4 Å². The van der Waals surface area contributed by atoms with E-state index in [2.05, 4.69) is 6.08 Å². The molecular formula is C16H10O2. The van der Waals surface area contributed by atoms with Gasteiger partial charge in [0.1, 0.15) is 6.10 Å². The topological polar surface area (TPSA) is 26.3 Å². The molecule has 4 rings (SSSR count). The van der Waals surface area contributed by atoms with E-state index in [-0.39, 0.29) is 12.1 Å². The summed E-state index contributed by atoms with van der Waals surface area (Å²) in [6.45, 7) is 0. The number of hydrogen-bond donors (Lipinski definition) is 0. The van der Waals surface area contributed by atoms with Crippen molar-refractivity contribution in [3.63, 3.8) is 0 Å². The number of carbonyl (C=O) groups excluding carboxylic acids is 1. The second-order valence-electron chi connectivity index (χ2n) is 4.55. The van der Waals surface area contributed by atoms with Gasteiger partial charge in [0.25, 0.3) is 0 Å². The number of ether oxygens (including phenoxy) is 1. The van der Waals surface area contributed by atoms with E-state index in [1.54, 1.807) is 0 Å². The van der Waals surface area contributed by atoms with E-state index >= 15 is 0 Å². The summed E-state index contributed by atoms with van der Waals surface area (Å²) < 4.78 is 5.47. The molecule has 1 aromatic rings. The zero-order chi connectivity index (χ0) is 12.1. The van der Waals surface area contributed by atoms with Crippen molar-refractivity contribution in [3.05, 3.63) is 70.2 Å². The molecule has 1 aromatic carbocycles. The monoisotopic (exact) mass is 234 g/mol. The number of hydrogen-bond acceptors (Lipinski definition) is 2. The van der Waals surface area contributed by atoms with Gasteiger partial charge in [-0.15, -0.1) is 0 Å². The van der Waals surface area contributed by atoms with Crippen LogP contribution >= 0.6 is 0 Å². The highest BCUT2D eigenvalue weighted by Gasteiger charge is 2.32. The molecule has 0 fully saturated rings. The van der Waals surface area contributed by atoms with Crippen LogP contribution in [0.1, 0.15) is 0 Å². The molecule has 18 heavy (non-hydrogen) atoms. The van der Waals surface area contributed by atoms with E-state index in [4.69, 9.17) is 4.74 Å². The van der Waals surface area contributed by atoms with Crippen LogP contribution in [0.15, 0.2) is 59.7 Å². The van der Waals surface area contributed by atoms with Crippen LogP contribution in [0.3, 0.4) is 0 Å². The van der Waals surface area contributed by atoms with Gasteiger partial charge < -0.3 is 4.74 Å². The molecule has 2 aliphatic carbocycles. The molecule has 2 heteroatoms. The highest BCUT2D eigenvalue weighted by Crippen LogP contribution is 2.32. The predicted molar refractivity (Wildman–Crippen MR) is 68.8 cm³/mol. The van der Waals surface area contributed by atoms with Crippen molar-refractivity contribution in [2.45, 2.75) is 6.10 Å². The van der Waals surface area contributed by atoms with Crippen molar-refractivity contribution < 1.29 is 9.53 Å². The number of benzene rings is 1. The predicted octanol–water partition coefficient (Wildman–Crippen LogP) is 0.979. The smallest absolute Gasteiger partial charge is 0.340 e. The van der Waals surface area contributed by atoms with Crippen molar-refractivity contribution in [3.8, 4) is 0 Å². The van der Waals surface area contributed by atoms with Crippen LogP contribution in [-0.2, 0) is 9.53 Å².